The molecule has 1 heterocycles. The standard InChI is InChI=1S/C15H22F2N2/c1-10-8-18-14(15(2,3)4)9-19(10)13-7-11(16)5-6-12(13)17/h5-7,10,14,18H,8-9H2,1-4H3. The highest BCUT2D eigenvalue weighted by molar-refractivity contribution is 5.50. The molecule has 0 bridgehead atoms. The first-order valence-electron chi connectivity index (χ1n) is 6.74. The fraction of sp³-hybridized carbons (Fsp3) is 0.600. The zero-order valence-electron chi connectivity index (χ0n) is 12.0. The van der Waals surface area contributed by atoms with Crippen LogP contribution in [0.25, 0.3) is 0 Å². The van der Waals surface area contributed by atoms with Gasteiger partial charge >= 0.3 is 0 Å². The second-order valence-electron chi connectivity index (χ2n) is 6.42. The van der Waals surface area contributed by atoms with Crippen LogP contribution in [0.4, 0.5) is 14.5 Å². The molecule has 1 aromatic carbocycles. The molecule has 1 saturated heterocycles. The number of halogens is 2. The summed E-state index contributed by atoms with van der Waals surface area (Å²) in [5.41, 5.74) is 0.450. The number of nitrogens with zero attached hydrogens (tertiary/aromatic N) is 1. The van der Waals surface area contributed by atoms with Crippen LogP contribution in [-0.4, -0.2) is 25.2 Å². The van der Waals surface area contributed by atoms with Gasteiger partial charge in [0.2, 0.25) is 0 Å². The molecule has 2 rings (SSSR count). The molecule has 0 amide bonds. The summed E-state index contributed by atoms with van der Waals surface area (Å²) in [5.74, 6) is -0.753. The van der Waals surface area contributed by atoms with Crippen molar-refractivity contribution in [3.05, 3.63) is 29.8 Å². The Morgan fingerprint density at radius 1 is 1.26 bits per heavy atom. The first-order valence-corrected chi connectivity index (χ1v) is 6.74. The number of benzene rings is 1. The monoisotopic (exact) mass is 268 g/mol. The predicted octanol–water partition coefficient (Wildman–Crippen LogP) is 3.18. The third-order valence-electron chi connectivity index (χ3n) is 3.83. The number of anilines is 1. The summed E-state index contributed by atoms with van der Waals surface area (Å²) in [6, 6.07) is 4.05. The molecule has 0 aromatic heterocycles. The number of piperazine rings is 1. The van der Waals surface area contributed by atoms with Crippen LogP contribution >= 0.6 is 0 Å². The maximum atomic E-state index is 13.9. The Bertz CT molecular complexity index is 454. The quantitative estimate of drug-likeness (QED) is 0.841. The summed E-state index contributed by atoms with van der Waals surface area (Å²) in [6.07, 6.45) is 0. The van der Waals surface area contributed by atoms with Crippen LogP contribution in [0.1, 0.15) is 27.7 Å². The van der Waals surface area contributed by atoms with Gasteiger partial charge in [0.05, 0.1) is 5.69 Å². The second-order valence-corrected chi connectivity index (χ2v) is 6.42. The number of hydrogen-bond acceptors (Lipinski definition) is 2. The van der Waals surface area contributed by atoms with E-state index in [9.17, 15) is 8.78 Å². The first-order chi connectivity index (χ1) is 8.79. The molecule has 0 radical (unpaired) electrons. The summed E-state index contributed by atoms with van der Waals surface area (Å²) in [6.45, 7) is 9.95. The van der Waals surface area contributed by atoms with Crippen LogP contribution in [-0.2, 0) is 0 Å². The van der Waals surface area contributed by atoms with Crippen LogP contribution in [0.2, 0.25) is 0 Å². The SMILES string of the molecule is CC1CNC(C(C)(C)C)CN1c1cc(F)ccc1F. The van der Waals surface area contributed by atoms with Crippen molar-refractivity contribution in [1.29, 1.82) is 0 Å². The van der Waals surface area contributed by atoms with E-state index >= 15 is 0 Å². The lowest BCUT2D eigenvalue weighted by Gasteiger charge is -2.45. The van der Waals surface area contributed by atoms with E-state index in [1.165, 1.54) is 12.1 Å². The van der Waals surface area contributed by atoms with E-state index in [2.05, 4.69) is 26.1 Å². The third kappa shape index (κ3) is 3.06. The Balaban J connectivity index is 2.28. The fourth-order valence-electron chi connectivity index (χ4n) is 2.49. The average molecular weight is 268 g/mol. The Labute approximate surface area is 113 Å². The van der Waals surface area contributed by atoms with E-state index in [1.807, 2.05) is 11.8 Å². The van der Waals surface area contributed by atoms with E-state index in [-0.39, 0.29) is 23.3 Å². The highest BCUT2D eigenvalue weighted by Crippen LogP contribution is 2.29. The summed E-state index contributed by atoms with van der Waals surface area (Å²) in [7, 11) is 0. The lowest BCUT2D eigenvalue weighted by Crippen LogP contribution is -2.59. The summed E-state index contributed by atoms with van der Waals surface area (Å²) in [4.78, 5) is 1.96. The van der Waals surface area contributed by atoms with Crippen molar-refractivity contribution in [2.45, 2.75) is 39.8 Å². The Morgan fingerprint density at radius 3 is 2.58 bits per heavy atom. The molecule has 1 aliphatic heterocycles. The molecule has 0 saturated carbocycles. The van der Waals surface area contributed by atoms with E-state index < -0.39 is 5.82 Å². The number of rotatable bonds is 1. The largest absolute Gasteiger partial charge is 0.364 e. The molecule has 4 heteroatoms. The highest BCUT2D eigenvalue weighted by Gasteiger charge is 2.33. The molecule has 2 nitrogen and oxygen atoms in total. The van der Waals surface area contributed by atoms with Crippen molar-refractivity contribution in [2.75, 3.05) is 18.0 Å². The molecule has 2 atom stereocenters. The number of nitrogens with one attached hydrogen (secondary N) is 1. The van der Waals surface area contributed by atoms with Crippen LogP contribution in [0, 0.1) is 17.0 Å². The van der Waals surface area contributed by atoms with Crippen molar-refractivity contribution in [3.63, 3.8) is 0 Å². The van der Waals surface area contributed by atoms with Crippen molar-refractivity contribution in [2.24, 2.45) is 5.41 Å². The van der Waals surface area contributed by atoms with Crippen molar-refractivity contribution < 1.29 is 8.78 Å². The van der Waals surface area contributed by atoms with E-state index in [4.69, 9.17) is 0 Å². The first kappa shape index (κ1) is 14.3. The zero-order chi connectivity index (χ0) is 14.2. The van der Waals surface area contributed by atoms with Gasteiger partial charge in [-0.1, -0.05) is 20.8 Å². The molecule has 106 valence electrons. The van der Waals surface area contributed by atoms with Gasteiger partial charge in [0, 0.05) is 31.2 Å². The molecule has 0 aliphatic carbocycles. The predicted molar refractivity (Wildman–Crippen MR) is 74.4 cm³/mol. The van der Waals surface area contributed by atoms with Gasteiger partial charge in [-0.25, -0.2) is 8.78 Å². The zero-order valence-corrected chi connectivity index (χ0v) is 12.0. The average Bonchev–Trinajstić information content (AvgIpc) is 2.32. The topological polar surface area (TPSA) is 15.3 Å². The van der Waals surface area contributed by atoms with Crippen LogP contribution < -0.4 is 10.2 Å². The number of hydrogen-bond donors (Lipinski definition) is 1. The Hall–Kier alpha value is -1.16. The molecular weight excluding hydrogens is 246 g/mol. The Kier molecular flexibility index (Phi) is 3.81. The van der Waals surface area contributed by atoms with Crippen LogP contribution in [0.5, 0.6) is 0 Å². The Morgan fingerprint density at radius 2 is 1.95 bits per heavy atom. The summed E-state index contributed by atoms with van der Waals surface area (Å²) >= 11 is 0. The van der Waals surface area contributed by atoms with Gasteiger partial charge in [-0.3, -0.25) is 0 Å². The van der Waals surface area contributed by atoms with Crippen LogP contribution in [0.15, 0.2) is 18.2 Å². The minimum Gasteiger partial charge on any atom is -0.364 e. The third-order valence-corrected chi connectivity index (χ3v) is 3.83. The molecule has 1 aromatic rings. The van der Waals surface area contributed by atoms with Crippen molar-refractivity contribution in [3.8, 4) is 0 Å². The molecule has 0 spiro atoms. The lowest BCUT2D eigenvalue weighted by molar-refractivity contribution is 0.238. The van der Waals surface area contributed by atoms with Gasteiger partial charge in [-0.15, -0.1) is 0 Å². The molecule has 2 unspecified atom stereocenters. The second kappa shape index (κ2) is 5.08. The van der Waals surface area contributed by atoms with Gasteiger partial charge in [0.1, 0.15) is 11.6 Å². The van der Waals surface area contributed by atoms with Gasteiger partial charge < -0.3 is 10.2 Å². The summed E-state index contributed by atoms with van der Waals surface area (Å²) < 4.78 is 27.3. The van der Waals surface area contributed by atoms with Gasteiger partial charge in [-0.2, -0.15) is 0 Å². The molecule has 1 N–H and O–H groups in total. The normalized spacial score (nSPS) is 24.6. The highest BCUT2D eigenvalue weighted by atomic mass is 19.1. The summed E-state index contributed by atoms with van der Waals surface area (Å²) in [5, 5.41) is 3.48. The van der Waals surface area contributed by atoms with E-state index in [0.29, 0.717) is 12.2 Å². The van der Waals surface area contributed by atoms with Crippen molar-refractivity contribution >= 4 is 5.69 Å². The fourth-order valence-corrected chi connectivity index (χ4v) is 2.49. The molecule has 1 fully saturated rings. The van der Waals surface area contributed by atoms with E-state index in [1.54, 1.807) is 0 Å². The smallest absolute Gasteiger partial charge is 0.146 e. The van der Waals surface area contributed by atoms with Gasteiger partial charge in [0.15, 0.2) is 0 Å². The maximum absolute atomic E-state index is 13.9. The maximum Gasteiger partial charge on any atom is 0.146 e. The van der Waals surface area contributed by atoms with Crippen LogP contribution in [0.3, 0.4) is 0 Å². The minimum atomic E-state index is -0.394. The molecular formula is C15H22F2N2. The molecule has 19 heavy (non-hydrogen) atoms. The lowest BCUT2D eigenvalue weighted by atomic mass is 9.84. The van der Waals surface area contributed by atoms with E-state index in [0.717, 1.165) is 12.6 Å². The molecule has 1 aliphatic rings. The van der Waals surface area contributed by atoms with Gasteiger partial charge in [0.25, 0.3) is 0 Å². The van der Waals surface area contributed by atoms with Crippen molar-refractivity contribution in [1.82, 2.24) is 5.32 Å². The minimum absolute atomic E-state index is 0.0855. The van der Waals surface area contributed by atoms with Gasteiger partial charge in [-0.05, 0) is 24.5 Å².